The molecule has 1 saturated heterocycles. The van der Waals surface area contributed by atoms with Crippen LogP contribution in [-0.4, -0.2) is 34.0 Å². The van der Waals surface area contributed by atoms with E-state index >= 15 is 0 Å². The lowest BCUT2D eigenvalue weighted by atomic mass is 10.2. The first-order chi connectivity index (χ1) is 10.2. The maximum Gasteiger partial charge on any atom is 0.148 e. The Morgan fingerprint density at radius 3 is 2.95 bits per heavy atom. The summed E-state index contributed by atoms with van der Waals surface area (Å²) in [6.45, 7) is 4.97. The molecule has 1 aliphatic rings. The fourth-order valence-electron chi connectivity index (χ4n) is 2.69. The number of nitrogens with zero attached hydrogens (tertiary/aromatic N) is 3. The number of likely N-dealkylation sites (tertiary alicyclic amines) is 1. The van der Waals surface area contributed by atoms with Gasteiger partial charge >= 0.3 is 0 Å². The van der Waals surface area contributed by atoms with Gasteiger partial charge in [-0.25, -0.2) is 9.97 Å². The van der Waals surface area contributed by atoms with Gasteiger partial charge in [-0.1, -0.05) is 41.9 Å². The molecule has 3 rings (SSSR count). The summed E-state index contributed by atoms with van der Waals surface area (Å²) in [5.74, 6) is 1.48. The van der Waals surface area contributed by atoms with Crippen LogP contribution >= 0.6 is 11.6 Å². The molecule has 0 unspecified atom stereocenters. The number of benzene rings is 1. The number of hydrogen-bond donors (Lipinski definition) is 1. The van der Waals surface area contributed by atoms with Crippen LogP contribution in [0.5, 0.6) is 0 Å². The van der Waals surface area contributed by atoms with Crippen molar-refractivity contribution in [3.05, 3.63) is 52.9 Å². The standard InChI is InChI=1S/C16H19ClN4/c1-12-18-9-15(17)16(19-12)20-14-7-8-21(11-14)10-13-5-3-2-4-6-13/h2-6,9,14H,7-8,10-11H2,1H3,(H,18,19,20)/t14-/m0/s1. The van der Waals surface area contributed by atoms with Gasteiger partial charge in [-0.3, -0.25) is 4.90 Å². The minimum atomic E-state index is 0.389. The van der Waals surface area contributed by atoms with Crippen LogP contribution in [0.4, 0.5) is 5.82 Å². The van der Waals surface area contributed by atoms with Crippen LogP contribution in [0.3, 0.4) is 0 Å². The molecule has 110 valence electrons. The molecular weight excluding hydrogens is 284 g/mol. The zero-order valence-electron chi connectivity index (χ0n) is 12.1. The third-order valence-corrected chi connectivity index (χ3v) is 4.00. The van der Waals surface area contributed by atoms with Crippen LogP contribution in [0.1, 0.15) is 17.8 Å². The molecule has 0 aliphatic carbocycles. The van der Waals surface area contributed by atoms with Crippen LogP contribution < -0.4 is 5.32 Å². The van der Waals surface area contributed by atoms with E-state index in [0.717, 1.165) is 37.7 Å². The van der Waals surface area contributed by atoms with Crippen molar-refractivity contribution in [1.82, 2.24) is 14.9 Å². The molecule has 2 aromatic rings. The Labute approximate surface area is 130 Å². The van der Waals surface area contributed by atoms with E-state index in [2.05, 4.69) is 50.5 Å². The minimum Gasteiger partial charge on any atom is -0.365 e. The van der Waals surface area contributed by atoms with Gasteiger partial charge in [0.1, 0.15) is 16.7 Å². The number of rotatable bonds is 4. The van der Waals surface area contributed by atoms with Crippen molar-refractivity contribution >= 4 is 17.4 Å². The second-order valence-electron chi connectivity index (χ2n) is 5.46. The SMILES string of the molecule is Cc1ncc(Cl)c(N[C@H]2CCN(Cc3ccccc3)C2)n1. The van der Waals surface area contributed by atoms with Crippen LogP contribution in [0.2, 0.25) is 5.02 Å². The lowest BCUT2D eigenvalue weighted by molar-refractivity contribution is 0.328. The molecule has 0 bridgehead atoms. The normalized spacial score (nSPS) is 18.9. The molecule has 1 aromatic carbocycles. The quantitative estimate of drug-likeness (QED) is 0.942. The van der Waals surface area contributed by atoms with Gasteiger partial charge in [-0.2, -0.15) is 0 Å². The molecule has 0 spiro atoms. The zero-order valence-corrected chi connectivity index (χ0v) is 12.8. The number of halogens is 1. The first kappa shape index (κ1) is 14.3. The van der Waals surface area contributed by atoms with Gasteiger partial charge in [-0.05, 0) is 18.9 Å². The first-order valence-electron chi connectivity index (χ1n) is 7.22. The lowest BCUT2D eigenvalue weighted by Gasteiger charge is -2.17. The summed E-state index contributed by atoms with van der Waals surface area (Å²) in [6.07, 6.45) is 2.76. The first-order valence-corrected chi connectivity index (χ1v) is 7.60. The number of nitrogens with one attached hydrogen (secondary N) is 1. The molecule has 1 aliphatic heterocycles. The molecular formula is C16H19ClN4. The van der Waals surface area contributed by atoms with Gasteiger partial charge < -0.3 is 5.32 Å². The van der Waals surface area contributed by atoms with Crippen molar-refractivity contribution in [3.8, 4) is 0 Å². The Hall–Kier alpha value is -1.65. The summed E-state index contributed by atoms with van der Waals surface area (Å²) in [5, 5.41) is 4.03. The molecule has 21 heavy (non-hydrogen) atoms. The largest absolute Gasteiger partial charge is 0.365 e. The molecule has 1 atom stereocenters. The zero-order chi connectivity index (χ0) is 14.7. The number of hydrogen-bond acceptors (Lipinski definition) is 4. The third kappa shape index (κ3) is 3.71. The average Bonchev–Trinajstić information content (AvgIpc) is 2.91. The Bertz CT molecular complexity index is 602. The maximum atomic E-state index is 6.14. The summed E-state index contributed by atoms with van der Waals surface area (Å²) < 4.78 is 0. The van der Waals surface area contributed by atoms with E-state index < -0.39 is 0 Å². The van der Waals surface area contributed by atoms with Gasteiger partial charge in [0.15, 0.2) is 0 Å². The van der Waals surface area contributed by atoms with Gasteiger partial charge in [0.05, 0.1) is 6.20 Å². The molecule has 4 nitrogen and oxygen atoms in total. The van der Waals surface area contributed by atoms with Gasteiger partial charge in [-0.15, -0.1) is 0 Å². The molecule has 0 saturated carbocycles. The summed E-state index contributed by atoms with van der Waals surface area (Å²) >= 11 is 6.14. The molecule has 5 heteroatoms. The number of aromatic nitrogens is 2. The molecule has 1 N–H and O–H groups in total. The van der Waals surface area contributed by atoms with Crippen molar-refractivity contribution < 1.29 is 0 Å². The van der Waals surface area contributed by atoms with Crippen LogP contribution in [0.15, 0.2) is 36.5 Å². The fraction of sp³-hybridized carbons (Fsp3) is 0.375. The number of anilines is 1. The van der Waals surface area contributed by atoms with E-state index in [0.29, 0.717) is 11.1 Å². The van der Waals surface area contributed by atoms with Crippen LogP contribution in [0, 0.1) is 6.92 Å². The molecule has 0 amide bonds. The van der Waals surface area contributed by atoms with E-state index in [9.17, 15) is 0 Å². The summed E-state index contributed by atoms with van der Waals surface area (Å²) in [5.41, 5.74) is 1.36. The third-order valence-electron chi connectivity index (χ3n) is 3.73. The summed E-state index contributed by atoms with van der Waals surface area (Å²) in [4.78, 5) is 10.9. The predicted octanol–water partition coefficient (Wildman–Crippen LogP) is 3.12. The second kappa shape index (κ2) is 6.41. The highest BCUT2D eigenvalue weighted by Gasteiger charge is 2.23. The predicted molar refractivity (Wildman–Crippen MR) is 85.5 cm³/mol. The topological polar surface area (TPSA) is 41.1 Å². The maximum absolute atomic E-state index is 6.14. The Balaban J connectivity index is 1.58. The van der Waals surface area contributed by atoms with Crippen molar-refractivity contribution in [2.45, 2.75) is 25.9 Å². The van der Waals surface area contributed by atoms with E-state index in [1.165, 1.54) is 5.56 Å². The summed E-state index contributed by atoms with van der Waals surface area (Å²) in [7, 11) is 0. The van der Waals surface area contributed by atoms with Crippen molar-refractivity contribution in [2.24, 2.45) is 0 Å². The molecule has 1 fully saturated rings. The Morgan fingerprint density at radius 1 is 1.33 bits per heavy atom. The van der Waals surface area contributed by atoms with Gasteiger partial charge in [0, 0.05) is 25.7 Å². The summed E-state index contributed by atoms with van der Waals surface area (Å²) in [6, 6.07) is 11.0. The highest BCUT2D eigenvalue weighted by atomic mass is 35.5. The average molecular weight is 303 g/mol. The van der Waals surface area contributed by atoms with E-state index in [1.807, 2.05) is 6.92 Å². The smallest absolute Gasteiger partial charge is 0.148 e. The van der Waals surface area contributed by atoms with Crippen LogP contribution in [-0.2, 0) is 6.54 Å². The monoisotopic (exact) mass is 302 g/mol. The second-order valence-corrected chi connectivity index (χ2v) is 5.87. The molecule has 2 heterocycles. The highest BCUT2D eigenvalue weighted by Crippen LogP contribution is 2.22. The highest BCUT2D eigenvalue weighted by molar-refractivity contribution is 6.32. The molecule has 1 aromatic heterocycles. The minimum absolute atomic E-state index is 0.389. The number of aryl methyl sites for hydroxylation is 1. The van der Waals surface area contributed by atoms with Gasteiger partial charge in [0.2, 0.25) is 0 Å². The van der Waals surface area contributed by atoms with Crippen LogP contribution in [0.25, 0.3) is 0 Å². The Morgan fingerprint density at radius 2 is 2.14 bits per heavy atom. The lowest BCUT2D eigenvalue weighted by Crippen LogP contribution is -2.26. The van der Waals surface area contributed by atoms with E-state index in [4.69, 9.17) is 11.6 Å². The van der Waals surface area contributed by atoms with Crippen molar-refractivity contribution in [2.75, 3.05) is 18.4 Å². The van der Waals surface area contributed by atoms with Crippen molar-refractivity contribution in [1.29, 1.82) is 0 Å². The molecule has 0 radical (unpaired) electrons. The fourth-order valence-corrected chi connectivity index (χ4v) is 2.83. The van der Waals surface area contributed by atoms with Gasteiger partial charge in [0.25, 0.3) is 0 Å². The van der Waals surface area contributed by atoms with E-state index in [1.54, 1.807) is 6.20 Å². The Kier molecular flexibility index (Phi) is 4.36. The van der Waals surface area contributed by atoms with Crippen molar-refractivity contribution in [3.63, 3.8) is 0 Å². The van der Waals surface area contributed by atoms with E-state index in [-0.39, 0.29) is 0 Å².